The van der Waals surface area contributed by atoms with Crippen molar-refractivity contribution < 1.29 is 9.18 Å². The Morgan fingerprint density at radius 2 is 2.33 bits per heavy atom. The van der Waals surface area contributed by atoms with E-state index in [1.165, 1.54) is 12.1 Å². The summed E-state index contributed by atoms with van der Waals surface area (Å²) in [6, 6.07) is 4.15. The van der Waals surface area contributed by atoms with Crippen LogP contribution < -0.4 is 5.32 Å². The molecule has 2 nitrogen and oxygen atoms in total. The maximum atomic E-state index is 12.9. The number of nitrogens with one attached hydrogen (secondary N) is 1. The van der Waals surface area contributed by atoms with E-state index in [4.69, 9.17) is 0 Å². The summed E-state index contributed by atoms with van der Waals surface area (Å²) >= 11 is 3.23. The van der Waals surface area contributed by atoms with E-state index >= 15 is 0 Å². The second-order valence-electron chi connectivity index (χ2n) is 3.00. The summed E-state index contributed by atoms with van der Waals surface area (Å²) in [6.45, 7) is 3.52. The maximum absolute atomic E-state index is 12.9. The number of carbonyl (C=O) groups is 1. The van der Waals surface area contributed by atoms with Gasteiger partial charge in [-0.3, -0.25) is 4.79 Å². The third-order valence-electron chi connectivity index (χ3n) is 1.78. The molecule has 0 radical (unpaired) electrons. The van der Waals surface area contributed by atoms with Crippen molar-refractivity contribution in [1.29, 1.82) is 0 Å². The summed E-state index contributed by atoms with van der Waals surface area (Å²) < 4.78 is 13.5. The Kier molecular flexibility index (Phi) is 4.49. The van der Waals surface area contributed by atoms with Gasteiger partial charge >= 0.3 is 0 Å². The second kappa shape index (κ2) is 5.66. The molecule has 1 aromatic carbocycles. The van der Waals surface area contributed by atoms with Gasteiger partial charge in [0.15, 0.2) is 0 Å². The van der Waals surface area contributed by atoms with Crippen LogP contribution in [0.3, 0.4) is 0 Å². The number of hydrogen-bond acceptors (Lipinski definition) is 1. The van der Waals surface area contributed by atoms with E-state index in [0.717, 1.165) is 0 Å². The number of rotatable bonds is 4. The van der Waals surface area contributed by atoms with Gasteiger partial charge < -0.3 is 5.32 Å². The molecular weight excluding hydrogens is 261 g/mol. The number of halogens is 2. The van der Waals surface area contributed by atoms with Crippen LogP contribution in [0.15, 0.2) is 35.3 Å². The first-order valence-corrected chi connectivity index (χ1v) is 5.28. The molecule has 1 rings (SSSR count). The molecule has 1 aromatic rings. The molecule has 1 N–H and O–H groups in total. The lowest BCUT2D eigenvalue weighted by Crippen LogP contribution is -2.11. The number of carbonyl (C=O) groups excluding carboxylic acids is 1. The predicted octanol–water partition coefficient (Wildman–Crippen LogP) is 3.49. The Labute approximate surface area is 96.3 Å². The lowest BCUT2D eigenvalue weighted by Gasteiger charge is -2.06. The normalized spacial score (nSPS) is 9.73. The van der Waals surface area contributed by atoms with Crippen molar-refractivity contribution in [3.8, 4) is 0 Å². The fourth-order valence-electron chi connectivity index (χ4n) is 1.04. The van der Waals surface area contributed by atoms with Crippen LogP contribution in [-0.4, -0.2) is 5.91 Å². The summed E-state index contributed by atoms with van der Waals surface area (Å²) in [4.78, 5) is 11.3. The van der Waals surface area contributed by atoms with Gasteiger partial charge in [-0.05, 0) is 40.5 Å². The maximum Gasteiger partial charge on any atom is 0.224 e. The Balaban J connectivity index is 2.67. The van der Waals surface area contributed by atoms with E-state index in [1.807, 2.05) is 0 Å². The molecule has 0 saturated carbocycles. The van der Waals surface area contributed by atoms with Crippen LogP contribution in [0.25, 0.3) is 0 Å². The van der Waals surface area contributed by atoms with Gasteiger partial charge in [-0.15, -0.1) is 6.58 Å². The summed E-state index contributed by atoms with van der Waals surface area (Å²) in [7, 11) is 0. The molecule has 0 spiro atoms. The molecule has 0 atom stereocenters. The Hall–Kier alpha value is -1.16. The van der Waals surface area contributed by atoms with E-state index in [9.17, 15) is 9.18 Å². The van der Waals surface area contributed by atoms with E-state index in [-0.39, 0.29) is 11.7 Å². The van der Waals surface area contributed by atoms with Crippen LogP contribution in [-0.2, 0) is 4.79 Å². The highest BCUT2D eigenvalue weighted by molar-refractivity contribution is 9.10. The highest BCUT2D eigenvalue weighted by Gasteiger charge is 2.05. The molecule has 0 fully saturated rings. The third-order valence-corrected chi connectivity index (χ3v) is 2.47. The van der Waals surface area contributed by atoms with Crippen LogP contribution in [0.2, 0.25) is 0 Å². The number of anilines is 1. The molecule has 0 saturated heterocycles. The van der Waals surface area contributed by atoms with Gasteiger partial charge in [0.25, 0.3) is 0 Å². The van der Waals surface area contributed by atoms with E-state index < -0.39 is 0 Å². The van der Waals surface area contributed by atoms with Crippen molar-refractivity contribution in [2.75, 3.05) is 5.32 Å². The van der Waals surface area contributed by atoms with Crippen molar-refractivity contribution in [3.63, 3.8) is 0 Å². The lowest BCUT2D eigenvalue weighted by molar-refractivity contribution is -0.116. The molecule has 0 aliphatic carbocycles. The Morgan fingerprint density at radius 1 is 1.60 bits per heavy atom. The highest BCUT2D eigenvalue weighted by Crippen LogP contribution is 2.23. The van der Waals surface area contributed by atoms with E-state index in [1.54, 1.807) is 12.1 Å². The fourth-order valence-corrected chi connectivity index (χ4v) is 1.38. The molecule has 0 aliphatic heterocycles. The zero-order valence-electron chi connectivity index (χ0n) is 8.09. The summed E-state index contributed by atoms with van der Waals surface area (Å²) in [6.07, 6.45) is 2.63. The molecule has 0 heterocycles. The summed E-state index contributed by atoms with van der Waals surface area (Å²) in [5, 5.41) is 2.61. The number of benzene rings is 1. The molecular formula is C11H11BrFNO. The molecule has 0 aliphatic rings. The van der Waals surface area contributed by atoms with Gasteiger partial charge in [0, 0.05) is 10.9 Å². The minimum atomic E-state index is -0.378. The average Bonchev–Trinajstić information content (AvgIpc) is 2.20. The van der Waals surface area contributed by atoms with Crippen LogP contribution in [0.1, 0.15) is 12.8 Å². The Morgan fingerprint density at radius 3 is 3.00 bits per heavy atom. The van der Waals surface area contributed by atoms with Crippen molar-refractivity contribution in [3.05, 3.63) is 41.1 Å². The largest absolute Gasteiger partial charge is 0.325 e. The topological polar surface area (TPSA) is 29.1 Å². The molecule has 1 amide bonds. The zero-order chi connectivity index (χ0) is 11.3. The minimum absolute atomic E-state index is 0.152. The monoisotopic (exact) mass is 271 g/mol. The predicted molar refractivity (Wildman–Crippen MR) is 62.2 cm³/mol. The van der Waals surface area contributed by atoms with E-state index in [2.05, 4.69) is 27.8 Å². The summed E-state index contributed by atoms with van der Waals surface area (Å²) in [5.41, 5.74) is 0.448. The fraction of sp³-hybridized carbons (Fsp3) is 0.182. The molecule has 80 valence electrons. The molecule has 4 heteroatoms. The number of hydrogen-bond donors (Lipinski definition) is 1. The standard InChI is InChI=1S/C11H11BrFNO/c1-2-3-4-11(15)14-10-7-8(13)5-6-9(10)12/h2,5-7H,1,3-4H2,(H,14,15). The van der Waals surface area contributed by atoms with Gasteiger partial charge in [-0.1, -0.05) is 6.08 Å². The highest BCUT2D eigenvalue weighted by atomic mass is 79.9. The third kappa shape index (κ3) is 3.83. The van der Waals surface area contributed by atoms with Gasteiger partial charge in [0.05, 0.1) is 5.69 Å². The molecule has 0 bridgehead atoms. The van der Waals surface area contributed by atoms with Gasteiger partial charge in [-0.2, -0.15) is 0 Å². The van der Waals surface area contributed by atoms with Gasteiger partial charge in [-0.25, -0.2) is 4.39 Å². The summed E-state index contributed by atoms with van der Waals surface area (Å²) in [5.74, 6) is -0.529. The lowest BCUT2D eigenvalue weighted by atomic mass is 10.2. The van der Waals surface area contributed by atoms with Crippen molar-refractivity contribution in [2.45, 2.75) is 12.8 Å². The zero-order valence-corrected chi connectivity index (χ0v) is 9.68. The first-order valence-electron chi connectivity index (χ1n) is 4.49. The van der Waals surface area contributed by atoms with Gasteiger partial charge in [0.1, 0.15) is 5.82 Å². The van der Waals surface area contributed by atoms with Crippen molar-refractivity contribution >= 4 is 27.5 Å². The Bertz CT molecular complexity index is 379. The first kappa shape index (κ1) is 11.9. The number of amides is 1. The number of allylic oxidation sites excluding steroid dienone is 1. The molecule has 0 aromatic heterocycles. The molecule has 0 unspecified atom stereocenters. The van der Waals surface area contributed by atoms with E-state index in [0.29, 0.717) is 23.0 Å². The van der Waals surface area contributed by atoms with Crippen molar-refractivity contribution in [2.24, 2.45) is 0 Å². The second-order valence-corrected chi connectivity index (χ2v) is 3.85. The quantitative estimate of drug-likeness (QED) is 0.835. The SMILES string of the molecule is C=CCCC(=O)Nc1cc(F)ccc1Br. The minimum Gasteiger partial charge on any atom is -0.325 e. The molecule has 15 heavy (non-hydrogen) atoms. The van der Waals surface area contributed by atoms with Crippen LogP contribution in [0.4, 0.5) is 10.1 Å². The van der Waals surface area contributed by atoms with Crippen molar-refractivity contribution in [1.82, 2.24) is 0 Å². The van der Waals surface area contributed by atoms with Gasteiger partial charge in [0.2, 0.25) is 5.91 Å². The smallest absolute Gasteiger partial charge is 0.224 e. The average molecular weight is 272 g/mol. The first-order chi connectivity index (χ1) is 7.13. The van der Waals surface area contributed by atoms with Crippen LogP contribution in [0.5, 0.6) is 0 Å². The van der Waals surface area contributed by atoms with Crippen LogP contribution >= 0.6 is 15.9 Å². The van der Waals surface area contributed by atoms with Crippen LogP contribution in [0, 0.1) is 5.82 Å².